The fourth-order valence-electron chi connectivity index (χ4n) is 2.59. The highest BCUT2D eigenvalue weighted by molar-refractivity contribution is 5.60. The third-order valence-corrected chi connectivity index (χ3v) is 3.63. The molecule has 17 heavy (non-hydrogen) atoms. The van der Waals surface area contributed by atoms with Gasteiger partial charge in [0, 0.05) is 0 Å². The van der Waals surface area contributed by atoms with E-state index in [9.17, 15) is 4.79 Å². The van der Waals surface area contributed by atoms with Gasteiger partial charge in [-0.25, -0.2) is 4.79 Å². The molecule has 0 saturated heterocycles. The second-order valence-corrected chi connectivity index (χ2v) is 5.58. The van der Waals surface area contributed by atoms with Crippen molar-refractivity contribution >= 4 is 6.16 Å². The normalized spacial score (nSPS) is 29.1. The van der Waals surface area contributed by atoms with Gasteiger partial charge in [0.15, 0.2) is 0 Å². The summed E-state index contributed by atoms with van der Waals surface area (Å²) in [6, 6.07) is 0. The van der Waals surface area contributed by atoms with Gasteiger partial charge in [-0.2, -0.15) is 0 Å². The molecule has 1 aliphatic carbocycles. The van der Waals surface area contributed by atoms with Crippen molar-refractivity contribution in [3.63, 3.8) is 0 Å². The van der Waals surface area contributed by atoms with E-state index >= 15 is 0 Å². The largest absolute Gasteiger partial charge is 0.508 e. The summed E-state index contributed by atoms with van der Waals surface area (Å²) in [5.74, 6) is 1.70. The van der Waals surface area contributed by atoms with Crippen LogP contribution in [0.5, 0.6) is 0 Å². The number of hydrogen-bond donors (Lipinski definition) is 0. The highest BCUT2D eigenvalue weighted by atomic mass is 16.7. The molecule has 3 atom stereocenters. The van der Waals surface area contributed by atoms with Crippen molar-refractivity contribution in [2.24, 2.45) is 17.8 Å². The van der Waals surface area contributed by atoms with Gasteiger partial charge in [-0.3, -0.25) is 0 Å². The highest BCUT2D eigenvalue weighted by Crippen LogP contribution is 2.35. The van der Waals surface area contributed by atoms with Crippen molar-refractivity contribution in [1.29, 1.82) is 0 Å². The van der Waals surface area contributed by atoms with Gasteiger partial charge in [0.25, 0.3) is 0 Å². The zero-order valence-corrected chi connectivity index (χ0v) is 11.6. The Hall–Kier alpha value is -0.730. The van der Waals surface area contributed by atoms with Crippen LogP contribution in [0.1, 0.15) is 53.4 Å². The molecule has 0 spiro atoms. The smallest absolute Gasteiger partial charge is 0.434 e. The zero-order chi connectivity index (χ0) is 12.8. The van der Waals surface area contributed by atoms with E-state index in [2.05, 4.69) is 20.8 Å². The molecule has 1 rings (SSSR count). The summed E-state index contributed by atoms with van der Waals surface area (Å²) in [4.78, 5) is 11.5. The molecule has 0 aromatic carbocycles. The van der Waals surface area contributed by atoms with Crippen molar-refractivity contribution in [2.75, 3.05) is 6.61 Å². The molecule has 0 amide bonds. The SMILES string of the molecule is CCCOC(=O)O[C@@H]1C[C@H](C)CC[C@H]1C(C)C. The topological polar surface area (TPSA) is 35.5 Å². The number of ether oxygens (including phenoxy) is 2. The minimum atomic E-state index is -0.489. The molecular weight excluding hydrogens is 216 g/mol. The lowest BCUT2D eigenvalue weighted by Gasteiger charge is -2.36. The highest BCUT2D eigenvalue weighted by Gasteiger charge is 2.33. The lowest BCUT2D eigenvalue weighted by Crippen LogP contribution is -2.36. The Kier molecular flexibility index (Phi) is 5.79. The first-order valence-electron chi connectivity index (χ1n) is 6.88. The molecule has 0 heterocycles. The quantitative estimate of drug-likeness (QED) is 0.699. The first-order valence-corrected chi connectivity index (χ1v) is 6.88. The Bertz CT molecular complexity index is 238. The van der Waals surface area contributed by atoms with Crippen molar-refractivity contribution in [3.05, 3.63) is 0 Å². The molecule has 1 fully saturated rings. The fourth-order valence-corrected chi connectivity index (χ4v) is 2.59. The third kappa shape index (κ3) is 4.57. The van der Waals surface area contributed by atoms with Gasteiger partial charge < -0.3 is 9.47 Å². The van der Waals surface area contributed by atoms with E-state index in [1.54, 1.807) is 0 Å². The predicted molar refractivity (Wildman–Crippen MR) is 67.9 cm³/mol. The summed E-state index contributed by atoms with van der Waals surface area (Å²) in [6.07, 6.45) is 3.77. The van der Waals surface area contributed by atoms with E-state index in [1.807, 2.05) is 6.92 Å². The molecule has 0 aromatic rings. The maximum absolute atomic E-state index is 11.5. The zero-order valence-electron chi connectivity index (χ0n) is 11.6. The minimum absolute atomic E-state index is 0.0445. The summed E-state index contributed by atoms with van der Waals surface area (Å²) >= 11 is 0. The van der Waals surface area contributed by atoms with Crippen molar-refractivity contribution < 1.29 is 14.3 Å². The van der Waals surface area contributed by atoms with Crippen LogP contribution >= 0.6 is 0 Å². The average Bonchev–Trinajstić information content (AvgIpc) is 2.26. The molecule has 0 radical (unpaired) electrons. The second kappa shape index (κ2) is 6.87. The van der Waals surface area contributed by atoms with Crippen LogP contribution in [0.2, 0.25) is 0 Å². The van der Waals surface area contributed by atoms with Crippen molar-refractivity contribution in [1.82, 2.24) is 0 Å². The van der Waals surface area contributed by atoms with Crippen LogP contribution in [0.3, 0.4) is 0 Å². The first kappa shape index (κ1) is 14.3. The van der Waals surface area contributed by atoms with Gasteiger partial charge in [0.05, 0.1) is 6.61 Å². The van der Waals surface area contributed by atoms with E-state index in [4.69, 9.17) is 9.47 Å². The average molecular weight is 242 g/mol. The minimum Gasteiger partial charge on any atom is -0.434 e. The van der Waals surface area contributed by atoms with Crippen LogP contribution in [-0.4, -0.2) is 18.9 Å². The van der Waals surface area contributed by atoms with Crippen LogP contribution in [0.25, 0.3) is 0 Å². The fraction of sp³-hybridized carbons (Fsp3) is 0.929. The number of rotatable bonds is 4. The van der Waals surface area contributed by atoms with E-state index in [-0.39, 0.29) is 6.10 Å². The summed E-state index contributed by atoms with van der Waals surface area (Å²) in [6.45, 7) is 9.06. The molecule has 0 N–H and O–H groups in total. The molecular formula is C14H26O3. The molecule has 0 aliphatic heterocycles. The predicted octanol–water partition coefficient (Wildman–Crippen LogP) is 4.01. The van der Waals surface area contributed by atoms with E-state index in [0.29, 0.717) is 24.4 Å². The standard InChI is InChI=1S/C14H26O3/c1-5-8-16-14(15)17-13-9-11(4)6-7-12(13)10(2)3/h10-13H,5-9H2,1-4H3/t11-,12+,13-/m1/s1. The van der Waals surface area contributed by atoms with E-state index < -0.39 is 6.16 Å². The Morgan fingerprint density at radius 2 is 2.06 bits per heavy atom. The van der Waals surface area contributed by atoms with Crippen LogP contribution in [0.15, 0.2) is 0 Å². The molecule has 3 nitrogen and oxygen atoms in total. The summed E-state index contributed by atoms with van der Waals surface area (Å²) in [5.41, 5.74) is 0. The van der Waals surface area contributed by atoms with Crippen LogP contribution in [-0.2, 0) is 9.47 Å². The Balaban J connectivity index is 2.48. The maximum atomic E-state index is 11.5. The summed E-state index contributed by atoms with van der Waals surface area (Å²) in [5, 5.41) is 0. The van der Waals surface area contributed by atoms with Gasteiger partial charge in [-0.1, -0.05) is 34.1 Å². The Morgan fingerprint density at radius 3 is 2.65 bits per heavy atom. The molecule has 100 valence electrons. The molecule has 1 aliphatic rings. The van der Waals surface area contributed by atoms with Crippen molar-refractivity contribution in [3.8, 4) is 0 Å². The lowest BCUT2D eigenvalue weighted by atomic mass is 9.75. The lowest BCUT2D eigenvalue weighted by molar-refractivity contribution is -0.0317. The second-order valence-electron chi connectivity index (χ2n) is 5.58. The van der Waals surface area contributed by atoms with Crippen LogP contribution < -0.4 is 0 Å². The Labute approximate surface area is 105 Å². The van der Waals surface area contributed by atoms with Gasteiger partial charge in [0.2, 0.25) is 0 Å². The van der Waals surface area contributed by atoms with Gasteiger partial charge >= 0.3 is 6.16 Å². The third-order valence-electron chi connectivity index (χ3n) is 3.63. The first-order chi connectivity index (χ1) is 8.04. The van der Waals surface area contributed by atoms with Crippen molar-refractivity contribution in [2.45, 2.75) is 59.5 Å². The monoisotopic (exact) mass is 242 g/mol. The van der Waals surface area contributed by atoms with Gasteiger partial charge in [-0.15, -0.1) is 0 Å². The number of hydrogen-bond acceptors (Lipinski definition) is 3. The van der Waals surface area contributed by atoms with Gasteiger partial charge in [-0.05, 0) is 37.0 Å². The van der Waals surface area contributed by atoms with Crippen LogP contribution in [0.4, 0.5) is 4.79 Å². The molecule has 3 heteroatoms. The molecule has 0 aromatic heterocycles. The molecule has 1 saturated carbocycles. The number of carbonyl (C=O) groups is 1. The Morgan fingerprint density at radius 1 is 1.35 bits per heavy atom. The van der Waals surface area contributed by atoms with E-state index in [1.165, 1.54) is 6.42 Å². The van der Waals surface area contributed by atoms with E-state index in [0.717, 1.165) is 19.3 Å². The maximum Gasteiger partial charge on any atom is 0.508 e. The molecule has 0 bridgehead atoms. The van der Waals surface area contributed by atoms with Crippen LogP contribution in [0, 0.1) is 17.8 Å². The molecule has 0 unspecified atom stereocenters. The van der Waals surface area contributed by atoms with Gasteiger partial charge in [0.1, 0.15) is 6.10 Å². The summed E-state index contributed by atoms with van der Waals surface area (Å²) in [7, 11) is 0. The number of carbonyl (C=O) groups excluding carboxylic acids is 1. The summed E-state index contributed by atoms with van der Waals surface area (Å²) < 4.78 is 10.5.